The number of hydrogen-bond acceptors (Lipinski definition) is 2. The molecule has 4 nitrogen and oxygen atoms in total. The molecular formula is C11H8F3NO3. The molecule has 0 radical (unpaired) electrons. The van der Waals surface area contributed by atoms with Gasteiger partial charge in [-0.2, -0.15) is 0 Å². The lowest BCUT2D eigenvalue weighted by Gasteiger charge is -2.12. The van der Waals surface area contributed by atoms with E-state index >= 15 is 0 Å². The second-order valence-corrected chi connectivity index (χ2v) is 3.53. The van der Waals surface area contributed by atoms with E-state index in [9.17, 15) is 18.0 Å². The van der Waals surface area contributed by atoms with Gasteiger partial charge in [-0.25, -0.2) is 9.36 Å². The van der Waals surface area contributed by atoms with Gasteiger partial charge in [0.2, 0.25) is 0 Å². The molecule has 18 heavy (non-hydrogen) atoms. The SMILES string of the molecule is COc1cccc2c1cc(C(=O)O)n2C(F)(F)F. The van der Waals surface area contributed by atoms with Crippen LogP contribution < -0.4 is 4.74 Å². The van der Waals surface area contributed by atoms with Crippen molar-refractivity contribution in [3.8, 4) is 5.75 Å². The molecule has 2 aromatic rings. The molecule has 0 bridgehead atoms. The van der Waals surface area contributed by atoms with Crippen LogP contribution in [0.5, 0.6) is 5.75 Å². The van der Waals surface area contributed by atoms with Gasteiger partial charge < -0.3 is 9.84 Å². The largest absolute Gasteiger partial charge is 0.496 e. The Morgan fingerprint density at radius 3 is 2.56 bits per heavy atom. The van der Waals surface area contributed by atoms with Crippen molar-refractivity contribution in [1.29, 1.82) is 0 Å². The third-order valence-corrected chi connectivity index (χ3v) is 2.50. The molecule has 1 aromatic heterocycles. The zero-order valence-electron chi connectivity index (χ0n) is 9.15. The lowest BCUT2D eigenvalue weighted by molar-refractivity contribution is -0.201. The molecule has 0 saturated heterocycles. The van der Waals surface area contributed by atoms with Crippen molar-refractivity contribution < 1.29 is 27.8 Å². The molecule has 1 aromatic carbocycles. The van der Waals surface area contributed by atoms with Gasteiger partial charge in [-0.3, -0.25) is 0 Å². The maximum absolute atomic E-state index is 12.9. The lowest BCUT2D eigenvalue weighted by Crippen LogP contribution is -2.21. The second-order valence-electron chi connectivity index (χ2n) is 3.53. The average Bonchev–Trinajstić information content (AvgIpc) is 2.67. The standard InChI is InChI=1S/C11H8F3NO3/c1-18-9-4-2-3-7-6(9)5-8(10(16)17)15(7)11(12,13)14/h2-5H,1H3,(H,16,17). The number of carbonyl (C=O) groups is 1. The Bertz CT molecular complexity index is 616. The zero-order valence-corrected chi connectivity index (χ0v) is 9.15. The van der Waals surface area contributed by atoms with Crippen molar-refractivity contribution >= 4 is 16.9 Å². The highest BCUT2D eigenvalue weighted by Gasteiger charge is 2.36. The summed E-state index contributed by atoms with van der Waals surface area (Å²) in [6.45, 7) is 0. The summed E-state index contributed by atoms with van der Waals surface area (Å²) >= 11 is 0. The molecule has 7 heteroatoms. The fraction of sp³-hybridized carbons (Fsp3) is 0.182. The van der Waals surface area contributed by atoms with E-state index in [1.54, 1.807) is 0 Å². The predicted octanol–water partition coefficient (Wildman–Crippen LogP) is 2.82. The Kier molecular flexibility index (Phi) is 2.68. The maximum atomic E-state index is 12.9. The Morgan fingerprint density at radius 1 is 1.39 bits per heavy atom. The summed E-state index contributed by atoms with van der Waals surface area (Å²) in [4.78, 5) is 10.9. The predicted molar refractivity (Wildman–Crippen MR) is 56.7 cm³/mol. The number of rotatable bonds is 2. The number of carboxylic acids is 1. The van der Waals surface area contributed by atoms with E-state index in [2.05, 4.69) is 0 Å². The summed E-state index contributed by atoms with van der Waals surface area (Å²) in [7, 11) is 1.31. The molecule has 0 aliphatic carbocycles. The van der Waals surface area contributed by atoms with Gasteiger partial charge >= 0.3 is 12.3 Å². The first-order valence-electron chi connectivity index (χ1n) is 4.85. The van der Waals surface area contributed by atoms with Crippen LogP contribution in [0.4, 0.5) is 13.2 Å². The van der Waals surface area contributed by atoms with Crippen molar-refractivity contribution in [2.24, 2.45) is 0 Å². The first kappa shape index (κ1) is 12.3. The molecule has 0 aliphatic heterocycles. The van der Waals surface area contributed by atoms with Crippen LogP contribution >= 0.6 is 0 Å². The number of methoxy groups -OCH3 is 1. The van der Waals surface area contributed by atoms with Crippen LogP contribution in [0.2, 0.25) is 0 Å². The van der Waals surface area contributed by atoms with E-state index in [1.807, 2.05) is 0 Å². The number of benzene rings is 1. The fourth-order valence-corrected chi connectivity index (χ4v) is 1.81. The quantitative estimate of drug-likeness (QED) is 0.902. The minimum Gasteiger partial charge on any atom is -0.496 e. The second kappa shape index (κ2) is 3.94. The first-order chi connectivity index (χ1) is 8.36. The summed E-state index contributed by atoms with van der Waals surface area (Å²) < 4.78 is 43.3. The molecule has 0 spiro atoms. The van der Waals surface area contributed by atoms with Crippen LogP contribution in [0.15, 0.2) is 24.3 Å². The van der Waals surface area contributed by atoms with Gasteiger partial charge in [0, 0.05) is 5.39 Å². The average molecular weight is 259 g/mol. The number of fused-ring (bicyclic) bond motifs is 1. The van der Waals surface area contributed by atoms with Crippen LogP contribution in [-0.2, 0) is 6.30 Å². The molecule has 0 unspecified atom stereocenters. The highest BCUT2D eigenvalue weighted by Crippen LogP contribution is 2.35. The third kappa shape index (κ3) is 1.77. The van der Waals surface area contributed by atoms with Crippen LogP contribution in [0.25, 0.3) is 10.9 Å². The van der Waals surface area contributed by atoms with E-state index < -0.39 is 18.0 Å². The number of aromatic nitrogens is 1. The van der Waals surface area contributed by atoms with Gasteiger partial charge in [0.05, 0.1) is 12.6 Å². The summed E-state index contributed by atoms with van der Waals surface area (Å²) in [5.74, 6) is -1.46. The topological polar surface area (TPSA) is 51.5 Å². The third-order valence-electron chi connectivity index (χ3n) is 2.50. The van der Waals surface area contributed by atoms with Gasteiger partial charge in [0.1, 0.15) is 11.4 Å². The van der Waals surface area contributed by atoms with Gasteiger partial charge in [0.25, 0.3) is 0 Å². The van der Waals surface area contributed by atoms with Gasteiger partial charge in [-0.05, 0) is 18.2 Å². The smallest absolute Gasteiger partial charge is 0.489 e. The van der Waals surface area contributed by atoms with E-state index in [4.69, 9.17) is 9.84 Å². The Morgan fingerprint density at radius 2 is 2.06 bits per heavy atom. The van der Waals surface area contributed by atoms with Crippen LogP contribution in [0.3, 0.4) is 0 Å². The van der Waals surface area contributed by atoms with Crippen molar-refractivity contribution in [3.05, 3.63) is 30.0 Å². The molecule has 0 fully saturated rings. The molecule has 0 saturated carbocycles. The summed E-state index contributed by atoms with van der Waals surface area (Å²) in [6.07, 6.45) is -4.80. The normalized spacial score (nSPS) is 11.8. The first-order valence-corrected chi connectivity index (χ1v) is 4.85. The number of halogens is 3. The van der Waals surface area contributed by atoms with Gasteiger partial charge in [-0.15, -0.1) is 13.2 Å². The Balaban J connectivity index is 2.89. The van der Waals surface area contributed by atoms with Crippen LogP contribution in [-0.4, -0.2) is 22.8 Å². The van der Waals surface area contributed by atoms with Gasteiger partial charge in [-0.1, -0.05) is 6.07 Å². The van der Waals surface area contributed by atoms with Crippen LogP contribution in [0.1, 0.15) is 10.5 Å². The zero-order chi connectivity index (χ0) is 13.5. The molecule has 1 heterocycles. The Labute approximate surface area is 99.2 Å². The molecule has 0 atom stereocenters. The number of alkyl halides is 3. The number of carboxylic acid groups (broad SMARTS) is 1. The summed E-state index contributed by atoms with van der Waals surface area (Å²) in [5.41, 5.74) is -1.10. The highest BCUT2D eigenvalue weighted by atomic mass is 19.4. The minimum absolute atomic E-state index is 0.106. The van der Waals surface area contributed by atoms with E-state index in [0.29, 0.717) is 0 Å². The molecule has 0 aliphatic rings. The van der Waals surface area contributed by atoms with Crippen LogP contribution in [0, 0.1) is 0 Å². The molecule has 1 N–H and O–H groups in total. The lowest BCUT2D eigenvalue weighted by atomic mass is 10.2. The van der Waals surface area contributed by atoms with E-state index in [-0.39, 0.29) is 21.2 Å². The summed E-state index contributed by atoms with van der Waals surface area (Å²) in [5, 5.41) is 8.94. The minimum atomic E-state index is -4.80. The summed E-state index contributed by atoms with van der Waals surface area (Å²) in [6, 6.07) is 4.98. The monoisotopic (exact) mass is 259 g/mol. The number of nitrogens with zero attached hydrogens (tertiary/aromatic N) is 1. The van der Waals surface area contributed by atoms with Crippen molar-refractivity contribution in [3.63, 3.8) is 0 Å². The fourth-order valence-electron chi connectivity index (χ4n) is 1.81. The van der Waals surface area contributed by atoms with Crippen molar-refractivity contribution in [2.45, 2.75) is 6.30 Å². The number of aromatic carboxylic acids is 1. The van der Waals surface area contributed by atoms with Crippen molar-refractivity contribution in [2.75, 3.05) is 7.11 Å². The number of ether oxygens (including phenoxy) is 1. The van der Waals surface area contributed by atoms with Crippen molar-refractivity contribution in [1.82, 2.24) is 4.57 Å². The van der Waals surface area contributed by atoms with E-state index in [1.165, 1.54) is 25.3 Å². The Hall–Kier alpha value is -2.18. The molecule has 2 rings (SSSR count). The number of hydrogen-bond donors (Lipinski definition) is 1. The molecular weight excluding hydrogens is 251 g/mol. The highest BCUT2D eigenvalue weighted by molar-refractivity contribution is 5.97. The van der Waals surface area contributed by atoms with Gasteiger partial charge in [0.15, 0.2) is 0 Å². The molecule has 96 valence electrons. The maximum Gasteiger partial charge on any atom is 0.489 e. The molecule has 0 amide bonds. The van der Waals surface area contributed by atoms with E-state index in [0.717, 1.165) is 6.07 Å².